The van der Waals surface area contributed by atoms with Crippen molar-refractivity contribution in [3.8, 4) is 0 Å². The van der Waals surface area contributed by atoms with Gasteiger partial charge in [0.25, 0.3) is 0 Å². The summed E-state index contributed by atoms with van der Waals surface area (Å²) >= 11 is 0. The van der Waals surface area contributed by atoms with E-state index in [0.29, 0.717) is 11.4 Å². The number of carbonyl (C=O) groups excluding carboxylic acids is 1. The molecule has 0 atom stereocenters. The van der Waals surface area contributed by atoms with Gasteiger partial charge in [-0.2, -0.15) is 0 Å². The zero-order valence-electron chi connectivity index (χ0n) is 17.9. The molecular weight excluding hydrogens is 367 g/mol. The van der Waals surface area contributed by atoms with Crippen molar-refractivity contribution in [1.29, 1.82) is 0 Å². The first-order chi connectivity index (χ1) is 13.4. The second-order valence-corrected chi connectivity index (χ2v) is 8.93. The van der Waals surface area contributed by atoms with E-state index >= 15 is 0 Å². The summed E-state index contributed by atoms with van der Waals surface area (Å²) in [4.78, 5) is 12.3. The lowest BCUT2D eigenvalue weighted by atomic mass is 9.79. The summed E-state index contributed by atoms with van der Waals surface area (Å²) in [6.45, 7) is 11.5. The van der Waals surface area contributed by atoms with E-state index in [1.807, 2.05) is 52.0 Å². The van der Waals surface area contributed by atoms with Crippen molar-refractivity contribution >= 4 is 30.0 Å². The van der Waals surface area contributed by atoms with Crippen LogP contribution in [0.15, 0.2) is 48.5 Å². The van der Waals surface area contributed by atoms with E-state index in [0.717, 1.165) is 11.0 Å². The molecular formula is C22H29BN2O4. The lowest BCUT2D eigenvalue weighted by molar-refractivity contribution is 0.00578. The highest BCUT2D eigenvalue weighted by Crippen LogP contribution is 2.36. The molecule has 1 fully saturated rings. The lowest BCUT2D eigenvalue weighted by Crippen LogP contribution is -2.41. The summed E-state index contributed by atoms with van der Waals surface area (Å²) in [5.74, 6) is 0. The lowest BCUT2D eigenvalue weighted by Gasteiger charge is -2.32. The third-order valence-electron chi connectivity index (χ3n) is 5.54. The number of anilines is 2. The molecule has 0 radical (unpaired) electrons. The summed E-state index contributed by atoms with van der Waals surface area (Å²) in [5.41, 5.74) is 1.28. The fraction of sp³-hybridized carbons (Fsp3) is 0.409. The summed E-state index contributed by atoms with van der Waals surface area (Å²) in [6.07, 6.45) is 0. The smallest absolute Gasteiger partial charge is 0.399 e. The summed E-state index contributed by atoms with van der Waals surface area (Å²) in [7, 11) is -0.433. The highest BCUT2D eigenvalue weighted by Gasteiger charge is 2.51. The van der Waals surface area contributed by atoms with Crippen LogP contribution in [-0.2, 0) is 14.9 Å². The number of benzene rings is 2. The number of rotatable bonds is 4. The highest BCUT2D eigenvalue weighted by atomic mass is 16.7. The summed E-state index contributed by atoms with van der Waals surface area (Å²) < 4.78 is 12.1. The number of hydrogen-bond donors (Lipinski definition) is 3. The number of aliphatic hydroxyl groups is 1. The van der Waals surface area contributed by atoms with E-state index in [9.17, 15) is 9.90 Å². The second kappa shape index (κ2) is 7.48. The van der Waals surface area contributed by atoms with Crippen LogP contribution >= 0.6 is 0 Å². The molecule has 1 aliphatic heterocycles. The van der Waals surface area contributed by atoms with Crippen LogP contribution in [0.2, 0.25) is 0 Å². The van der Waals surface area contributed by atoms with Crippen molar-refractivity contribution in [2.24, 2.45) is 0 Å². The maximum Gasteiger partial charge on any atom is 0.494 e. The molecule has 0 unspecified atom stereocenters. The van der Waals surface area contributed by atoms with Gasteiger partial charge < -0.3 is 25.0 Å². The Labute approximate surface area is 172 Å². The van der Waals surface area contributed by atoms with Gasteiger partial charge in [0, 0.05) is 11.4 Å². The van der Waals surface area contributed by atoms with Crippen molar-refractivity contribution in [2.75, 3.05) is 10.6 Å². The Hall–Kier alpha value is -2.35. The monoisotopic (exact) mass is 396 g/mol. The highest BCUT2D eigenvalue weighted by molar-refractivity contribution is 6.62. The van der Waals surface area contributed by atoms with Crippen LogP contribution in [0.4, 0.5) is 16.2 Å². The molecule has 7 heteroatoms. The minimum atomic E-state index is -0.917. The molecule has 2 amide bonds. The Bertz CT molecular complexity index is 855. The molecule has 0 saturated carbocycles. The molecule has 3 rings (SSSR count). The van der Waals surface area contributed by atoms with Crippen LogP contribution in [0.1, 0.15) is 47.1 Å². The summed E-state index contributed by atoms with van der Waals surface area (Å²) in [6, 6.07) is 14.1. The molecule has 154 valence electrons. The molecule has 29 heavy (non-hydrogen) atoms. The number of nitrogens with one attached hydrogen (secondary N) is 2. The van der Waals surface area contributed by atoms with Crippen LogP contribution in [0, 0.1) is 0 Å². The van der Waals surface area contributed by atoms with Gasteiger partial charge in [-0.3, -0.25) is 0 Å². The third-order valence-corrected chi connectivity index (χ3v) is 5.54. The van der Waals surface area contributed by atoms with Gasteiger partial charge in [-0.15, -0.1) is 0 Å². The largest absolute Gasteiger partial charge is 0.494 e. The molecule has 6 nitrogen and oxygen atoms in total. The number of hydrogen-bond acceptors (Lipinski definition) is 4. The van der Waals surface area contributed by atoms with Crippen LogP contribution in [0.25, 0.3) is 0 Å². The van der Waals surface area contributed by atoms with Crippen molar-refractivity contribution in [2.45, 2.75) is 58.3 Å². The molecule has 1 heterocycles. The molecule has 1 aliphatic rings. The van der Waals surface area contributed by atoms with Crippen LogP contribution < -0.4 is 16.1 Å². The molecule has 0 bridgehead atoms. The van der Waals surface area contributed by atoms with Crippen LogP contribution in [0.5, 0.6) is 0 Å². The Kier molecular flexibility index (Phi) is 5.51. The SMILES string of the molecule is CC(C)(O)c1ccc(NC(=O)Nc2ccc(B3OC(C)(C)C(C)(C)O3)cc2)cc1. The van der Waals surface area contributed by atoms with E-state index < -0.39 is 23.9 Å². The van der Waals surface area contributed by atoms with E-state index in [1.54, 1.807) is 38.1 Å². The minimum Gasteiger partial charge on any atom is -0.399 e. The first kappa shape index (κ1) is 21.4. The van der Waals surface area contributed by atoms with Crippen molar-refractivity contribution < 1.29 is 19.2 Å². The van der Waals surface area contributed by atoms with Gasteiger partial charge >= 0.3 is 13.1 Å². The third kappa shape index (κ3) is 4.81. The topological polar surface area (TPSA) is 79.8 Å². The van der Waals surface area contributed by atoms with E-state index in [2.05, 4.69) is 10.6 Å². The first-order valence-electron chi connectivity index (χ1n) is 9.74. The Morgan fingerprint density at radius 2 is 1.28 bits per heavy atom. The molecule has 2 aromatic carbocycles. The molecule has 2 aromatic rings. The minimum absolute atomic E-state index is 0.343. The average Bonchev–Trinajstić information content (AvgIpc) is 2.83. The molecule has 0 spiro atoms. The van der Waals surface area contributed by atoms with Gasteiger partial charge in [-0.25, -0.2) is 4.79 Å². The van der Waals surface area contributed by atoms with E-state index in [-0.39, 0.29) is 6.03 Å². The number of carbonyl (C=O) groups is 1. The molecule has 0 aliphatic carbocycles. The van der Waals surface area contributed by atoms with E-state index in [1.165, 1.54) is 0 Å². The van der Waals surface area contributed by atoms with Crippen molar-refractivity contribution in [1.82, 2.24) is 0 Å². The average molecular weight is 396 g/mol. The molecule has 0 aromatic heterocycles. The van der Waals surface area contributed by atoms with E-state index in [4.69, 9.17) is 9.31 Å². The fourth-order valence-corrected chi connectivity index (χ4v) is 2.96. The van der Waals surface area contributed by atoms with Gasteiger partial charge in [0.05, 0.1) is 16.8 Å². The first-order valence-corrected chi connectivity index (χ1v) is 9.74. The maximum absolute atomic E-state index is 12.3. The standard InChI is InChI=1S/C22H29BN2O4/c1-20(2,27)15-7-11-17(12-8-15)24-19(26)25-18-13-9-16(10-14-18)23-28-21(3,4)22(5,6)29-23/h7-14,27H,1-6H3,(H2,24,25,26). The Balaban J connectivity index is 1.59. The normalized spacial score (nSPS) is 17.8. The van der Waals surface area contributed by atoms with Crippen molar-refractivity contribution in [3.05, 3.63) is 54.1 Å². The van der Waals surface area contributed by atoms with Gasteiger partial charge in [0.15, 0.2) is 0 Å². The van der Waals surface area contributed by atoms with Gasteiger partial charge in [-0.1, -0.05) is 24.3 Å². The molecule has 1 saturated heterocycles. The quantitative estimate of drug-likeness (QED) is 0.686. The van der Waals surface area contributed by atoms with Gasteiger partial charge in [0.1, 0.15) is 0 Å². The van der Waals surface area contributed by atoms with Crippen LogP contribution in [-0.4, -0.2) is 29.5 Å². The zero-order chi connectivity index (χ0) is 21.4. The second-order valence-electron chi connectivity index (χ2n) is 8.93. The predicted molar refractivity (Wildman–Crippen MR) is 116 cm³/mol. The van der Waals surface area contributed by atoms with Gasteiger partial charge in [0.2, 0.25) is 0 Å². The van der Waals surface area contributed by atoms with Crippen LogP contribution in [0.3, 0.4) is 0 Å². The fourth-order valence-electron chi connectivity index (χ4n) is 2.96. The zero-order valence-corrected chi connectivity index (χ0v) is 17.9. The number of amides is 2. The Morgan fingerprint density at radius 1 is 0.862 bits per heavy atom. The van der Waals surface area contributed by atoms with Gasteiger partial charge in [-0.05, 0) is 76.8 Å². The maximum atomic E-state index is 12.3. The number of urea groups is 1. The predicted octanol–water partition coefficient (Wildman–Crippen LogP) is 3.86. The molecule has 3 N–H and O–H groups in total. The Morgan fingerprint density at radius 3 is 1.69 bits per heavy atom. The summed E-state index contributed by atoms with van der Waals surface area (Å²) in [5, 5.41) is 15.6. The van der Waals surface area contributed by atoms with Crippen molar-refractivity contribution in [3.63, 3.8) is 0 Å².